The Morgan fingerprint density at radius 1 is 1.18 bits per heavy atom. The molecule has 0 saturated carbocycles. The summed E-state index contributed by atoms with van der Waals surface area (Å²) in [5.41, 5.74) is 16.1. The summed E-state index contributed by atoms with van der Waals surface area (Å²) in [6.45, 7) is 0. The molecule has 0 unspecified atom stereocenters. The van der Waals surface area contributed by atoms with Gasteiger partial charge in [0, 0.05) is 0 Å². The van der Waals surface area contributed by atoms with Crippen LogP contribution in [0.25, 0.3) is 6.08 Å². The fourth-order valence-corrected chi connectivity index (χ4v) is 1.33. The maximum absolute atomic E-state index is 11.3. The van der Waals surface area contributed by atoms with Crippen LogP contribution in [0.4, 0.5) is 0 Å². The molecule has 1 aromatic rings. The number of hydrogen-bond acceptors (Lipinski definition) is 2. The highest BCUT2D eigenvalue weighted by Crippen LogP contribution is 2.23. The summed E-state index contributed by atoms with van der Waals surface area (Å²) in [4.78, 5) is 14.6. The van der Waals surface area contributed by atoms with Crippen LogP contribution in [0, 0.1) is 0 Å². The van der Waals surface area contributed by atoms with Crippen LogP contribution in [0.1, 0.15) is 5.56 Å². The third-order valence-electron chi connectivity index (χ3n) is 1.74. The number of nitrogens with two attached hydrogens (primary N) is 3. The molecule has 0 spiro atoms. The maximum atomic E-state index is 11.3. The van der Waals surface area contributed by atoms with Gasteiger partial charge in [-0.2, -0.15) is 4.99 Å². The van der Waals surface area contributed by atoms with Gasteiger partial charge in [-0.05, 0) is 23.8 Å². The van der Waals surface area contributed by atoms with Gasteiger partial charge in [0.1, 0.15) is 5.70 Å². The van der Waals surface area contributed by atoms with E-state index in [1.54, 1.807) is 18.2 Å². The van der Waals surface area contributed by atoms with Crippen molar-refractivity contribution in [1.82, 2.24) is 0 Å². The van der Waals surface area contributed by atoms with Crippen LogP contribution in [0.2, 0.25) is 10.0 Å². The van der Waals surface area contributed by atoms with Gasteiger partial charge in [-0.1, -0.05) is 29.3 Å². The van der Waals surface area contributed by atoms with Gasteiger partial charge in [0.25, 0.3) is 5.91 Å². The Hall–Kier alpha value is -1.72. The lowest BCUT2D eigenvalue weighted by atomic mass is 10.2. The largest absolute Gasteiger partial charge is 0.394 e. The smallest absolute Gasteiger partial charge is 0.296 e. The highest BCUT2D eigenvalue weighted by Gasteiger charge is 2.05. The number of halogens is 2. The zero-order valence-electron chi connectivity index (χ0n) is 8.65. The van der Waals surface area contributed by atoms with E-state index in [-0.39, 0.29) is 11.7 Å². The van der Waals surface area contributed by atoms with Gasteiger partial charge in [0.05, 0.1) is 10.0 Å². The Bertz CT molecular complexity index is 507. The maximum Gasteiger partial charge on any atom is 0.296 e. The van der Waals surface area contributed by atoms with E-state index in [1.807, 2.05) is 0 Å². The number of carbonyl (C=O) groups excluding carboxylic acids is 1. The first-order valence-corrected chi connectivity index (χ1v) is 5.22. The van der Waals surface area contributed by atoms with Gasteiger partial charge < -0.3 is 17.2 Å². The van der Waals surface area contributed by atoms with Crippen molar-refractivity contribution in [2.45, 2.75) is 0 Å². The number of amides is 1. The zero-order chi connectivity index (χ0) is 13.0. The fraction of sp³-hybridized carbons (Fsp3) is 0. The second-order valence-electron chi connectivity index (χ2n) is 3.12. The van der Waals surface area contributed by atoms with Gasteiger partial charge in [-0.3, -0.25) is 4.79 Å². The molecule has 0 aliphatic rings. The molecule has 7 heteroatoms. The number of carbonyl (C=O) groups is 1. The summed E-state index contributed by atoms with van der Waals surface area (Å²) in [6, 6.07) is 4.82. The predicted molar refractivity (Wildman–Crippen MR) is 69.4 cm³/mol. The topological polar surface area (TPSA) is 107 Å². The van der Waals surface area contributed by atoms with E-state index in [0.29, 0.717) is 15.6 Å². The van der Waals surface area contributed by atoms with Crippen LogP contribution in [0.3, 0.4) is 0 Å². The minimum absolute atomic E-state index is 0.100. The van der Waals surface area contributed by atoms with E-state index in [4.69, 9.17) is 40.4 Å². The van der Waals surface area contributed by atoms with Crippen molar-refractivity contribution in [2.75, 3.05) is 0 Å². The first kappa shape index (κ1) is 13.3. The zero-order valence-corrected chi connectivity index (χ0v) is 10.2. The number of rotatable bonds is 2. The van der Waals surface area contributed by atoms with Crippen molar-refractivity contribution in [1.29, 1.82) is 0 Å². The van der Waals surface area contributed by atoms with Crippen molar-refractivity contribution < 1.29 is 4.79 Å². The third-order valence-corrected chi connectivity index (χ3v) is 2.48. The molecule has 1 rings (SSSR count). The van der Waals surface area contributed by atoms with Crippen LogP contribution in [-0.2, 0) is 4.79 Å². The molecule has 0 aliphatic heterocycles. The van der Waals surface area contributed by atoms with Crippen molar-refractivity contribution in [3.05, 3.63) is 39.5 Å². The highest BCUT2D eigenvalue weighted by molar-refractivity contribution is 6.42. The Morgan fingerprint density at radius 2 is 1.82 bits per heavy atom. The van der Waals surface area contributed by atoms with Crippen molar-refractivity contribution >= 4 is 41.1 Å². The minimum Gasteiger partial charge on any atom is -0.394 e. The molecular weight excluding hydrogens is 263 g/mol. The van der Waals surface area contributed by atoms with Gasteiger partial charge in [-0.25, -0.2) is 0 Å². The molecule has 0 bridgehead atoms. The van der Waals surface area contributed by atoms with E-state index < -0.39 is 5.91 Å². The predicted octanol–water partition coefficient (Wildman–Crippen LogP) is 1.09. The first-order valence-electron chi connectivity index (χ1n) is 4.46. The lowest BCUT2D eigenvalue weighted by Gasteiger charge is -1.99. The molecule has 0 radical (unpaired) electrons. The van der Waals surface area contributed by atoms with E-state index in [9.17, 15) is 4.79 Å². The number of aliphatic imine (C=N–C) groups is 1. The Morgan fingerprint density at radius 3 is 2.35 bits per heavy atom. The first-order chi connectivity index (χ1) is 7.90. The average Bonchev–Trinajstić information content (AvgIpc) is 2.22. The molecule has 17 heavy (non-hydrogen) atoms. The Labute approximate surface area is 108 Å². The van der Waals surface area contributed by atoms with Crippen LogP contribution >= 0.6 is 23.2 Å². The molecule has 0 aliphatic carbocycles. The van der Waals surface area contributed by atoms with Crippen LogP contribution in [-0.4, -0.2) is 11.9 Å². The van der Waals surface area contributed by atoms with Crippen molar-refractivity contribution in [3.63, 3.8) is 0 Å². The van der Waals surface area contributed by atoms with Gasteiger partial charge in [0.2, 0.25) is 0 Å². The molecule has 0 atom stereocenters. The molecule has 0 fully saturated rings. The van der Waals surface area contributed by atoms with Gasteiger partial charge in [-0.15, -0.1) is 0 Å². The summed E-state index contributed by atoms with van der Waals surface area (Å²) in [5, 5.41) is 0.778. The normalized spacial score (nSPS) is 11.1. The molecule has 6 N–H and O–H groups in total. The van der Waals surface area contributed by atoms with Crippen LogP contribution in [0.5, 0.6) is 0 Å². The quantitative estimate of drug-likeness (QED) is 0.426. The van der Waals surface area contributed by atoms with Crippen LogP contribution in [0.15, 0.2) is 28.9 Å². The second kappa shape index (κ2) is 5.56. The molecule has 5 nitrogen and oxygen atoms in total. The lowest BCUT2D eigenvalue weighted by Crippen LogP contribution is -2.25. The number of nitrogens with zero attached hydrogens (tertiary/aromatic N) is 1. The molecule has 0 heterocycles. The molecule has 0 saturated heterocycles. The average molecular weight is 273 g/mol. The standard InChI is InChI=1S/C10H10Cl2N4O/c11-6-2-1-5(3-7(6)12)4-8(13)9(17)16-10(14)15/h1-4H,13H2,(H4,14,15,16,17)/b8-4-. The van der Waals surface area contributed by atoms with E-state index in [1.165, 1.54) is 6.08 Å². The third kappa shape index (κ3) is 3.97. The fourth-order valence-electron chi connectivity index (χ4n) is 1.03. The Kier molecular flexibility index (Phi) is 4.37. The summed E-state index contributed by atoms with van der Waals surface area (Å²) in [5.74, 6) is -1.06. The van der Waals surface area contributed by atoms with Crippen molar-refractivity contribution in [3.8, 4) is 0 Å². The van der Waals surface area contributed by atoms with E-state index in [0.717, 1.165) is 0 Å². The lowest BCUT2D eigenvalue weighted by molar-refractivity contribution is -0.114. The molecule has 1 amide bonds. The van der Waals surface area contributed by atoms with Crippen LogP contribution < -0.4 is 17.2 Å². The highest BCUT2D eigenvalue weighted by atomic mass is 35.5. The van der Waals surface area contributed by atoms with Gasteiger partial charge >= 0.3 is 0 Å². The van der Waals surface area contributed by atoms with Crippen molar-refractivity contribution in [2.24, 2.45) is 22.2 Å². The summed E-state index contributed by atoms with van der Waals surface area (Å²) in [6.07, 6.45) is 1.40. The van der Waals surface area contributed by atoms with Gasteiger partial charge in [0.15, 0.2) is 5.96 Å². The number of hydrogen-bond donors (Lipinski definition) is 3. The Balaban J connectivity index is 2.99. The van der Waals surface area contributed by atoms with E-state index >= 15 is 0 Å². The summed E-state index contributed by atoms with van der Waals surface area (Å²) < 4.78 is 0. The number of benzene rings is 1. The monoisotopic (exact) mass is 272 g/mol. The molecule has 90 valence electrons. The molecular formula is C10H10Cl2N4O. The summed E-state index contributed by atoms with van der Waals surface area (Å²) >= 11 is 11.5. The second-order valence-corrected chi connectivity index (χ2v) is 3.93. The van der Waals surface area contributed by atoms with E-state index in [2.05, 4.69) is 4.99 Å². The minimum atomic E-state index is -0.712. The molecule has 0 aromatic heterocycles. The molecule has 1 aromatic carbocycles. The number of guanidine groups is 1. The SMILES string of the molecule is NC(N)=NC(=O)/C(N)=C/c1ccc(Cl)c(Cl)c1. The summed E-state index contributed by atoms with van der Waals surface area (Å²) in [7, 11) is 0.